The first-order valence-electron chi connectivity index (χ1n) is 11.5. The lowest BCUT2D eigenvalue weighted by Gasteiger charge is -2.32. The molecule has 0 bridgehead atoms. The molecule has 1 fully saturated rings. The molecule has 1 aliphatic rings. The molecule has 4 heterocycles. The average Bonchev–Trinajstić information content (AvgIpc) is 3.36. The Labute approximate surface area is 208 Å². The van der Waals surface area contributed by atoms with E-state index in [9.17, 15) is 9.59 Å². The molecule has 7 nitrogen and oxygen atoms in total. The summed E-state index contributed by atoms with van der Waals surface area (Å²) in [5.41, 5.74) is 3.29. The van der Waals surface area contributed by atoms with E-state index in [4.69, 9.17) is 4.98 Å². The molecule has 3 aromatic heterocycles. The van der Waals surface area contributed by atoms with E-state index < -0.39 is 0 Å². The minimum absolute atomic E-state index is 0.0767. The Hall–Kier alpha value is -2.78. The molecule has 0 atom stereocenters. The van der Waals surface area contributed by atoms with Gasteiger partial charge in [0.1, 0.15) is 0 Å². The molecule has 1 N–H and O–H groups in total. The van der Waals surface area contributed by atoms with Crippen molar-refractivity contribution in [1.29, 1.82) is 0 Å². The van der Waals surface area contributed by atoms with Crippen LogP contribution >= 0.6 is 23.1 Å². The second-order valence-corrected chi connectivity index (χ2v) is 10.4. The minimum atomic E-state index is -0.0767. The fourth-order valence-corrected chi connectivity index (χ4v) is 5.53. The number of likely N-dealkylation sites (tertiary alicyclic amines) is 1. The zero-order valence-electron chi connectivity index (χ0n) is 19.5. The van der Waals surface area contributed by atoms with Crippen molar-refractivity contribution >= 4 is 34.9 Å². The van der Waals surface area contributed by atoms with Crippen LogP contribution in [0.1, 0.15) is 51.1 Å². The lowest BCUT2D eigenvalue weighted by molar-refractivity contribution is -0.129. The molecule has 9 heteroatoms. The van der Waals surface area contributed by atoms with Crippen LogP contribution in [0.3, 0.4) is 0 Å². The van der Waals surface area contributed by atoms with Crippen molar-refractivity contribution in [2.45, 2.75) is 44.2 Å². The van der Waals surface area contributed by atoms with E-state index in [0.717, 1.165) is 36.3 Å². The van der Waals surface area contributed by atoms with Crippen LogP contribution < -0.4 is 5.32 Å². The molecular formula is C25H29N5O2S2. The van der Waals surface area contributed by atoms with E-state index in [1.54, 1.807) is 17.5 Å². The third-order valence-electron chi connectivity index (χ3n) is 5.88. The Kier molecular flexibility index (Phi) is 8.29. The fraction of sp³-hybridized carbons (Fsp3) is 0.400. The molecule has 0 spiro atoms. The molecule has 0 aliphatic carbocycles. The standard InChI is InChI=1S/C25H29N5O2S2/c1-17-5-6-21(24(32)26-12-8-20-4-3-15-33-20)23(28-17)19-9-13-30(14-10-19)22(31)16-34-25-27-11-7-18(2)29-25/h3-7,11,15,19H,8-10,12-14,16H2,1-2H3,(H,26,32). The highest BCUT2D eigenvalue weighted by atomic mass is 32.2. The highest BCUT2D eigenvalue weighted by Crippen LogP contribution is 2.30. The molecule has 3 aromatic rings. The summed E-state index contributed by atoms with van der Waals surface area (Å²) in [7, 11) is 0. The average molecular weight is 496 g/mol. The highest BCUT2D eigenvalue weighted by Gasteiger charge is 2.28. The van der Waals surface area contributed by atoms with Crippen molar-refractivity contribution in [3.05, 3.63) is 69.4 Å². The van der Waals surface area contributed by atoms with Crippen LogP contribution in [-0.2, 0) is 11.2 Å². The predicted octanol–water partition coefficient (Wildman–Crippen LogP) is 4.02. The number of amides is 2. The normalized spacial score (nSPS) is 14.2. The van der Waals surface area contributed by atoms with Crippen LogP contribution in [0.2, 0.25) is 0 Å². The summed E-state index contributed by atoms with van der Waals surface area (Å²) in [5, 5.41) is 5.72. The Morgan fingerprint density at radius 1 is 1.12 bits per heavy atom. The number of nitrogens with one attached hydrogen (secondary N) is 1. The second kappa shape index (κ2) is 11.6. The number of carbonyl (C=O) groups excluding carboxylic acids is 2. The van der Waals surface area contributed by atoms with E-state index >= 15 is 0 Å². The number of rotatable bonds is 8. The smallest absolute Gasteiger partial charge is 0.253 e. The molecular weight excluding hydrogens is 466 g/mol. The van der Waals surface area contributed by atoms with Crippen LogP contribution in [0.15, 0.2) is 47.1 Å². The first kappa shape index (κ1) is 24.3. The first-order chi connectivity index (χ1) is 16.5. The Morgan fingerprint density at radius 3 is 2.65 bits per heavy atom. The SMILES string of the molecule is Cc1ccnc(SCC(=O)N2CCC(c3nc(C)ccc3C(=O)NCCc3cccs3)CC2)n1. The lowest BCUT2D eigenvalue weighted by atomic mass is 9.90. The second-order valence-electron chi connectivity index (χ2n) is 8.40. The number of nitrogens with zero attached hydrogens (tertiary/aromatic N) is 4. The summed E-state index contributed by atoms with van der Waals surface area (Å²) in [6, 6.07) is 9.72. The van der Waals surface area contributed by atoms with E-state index in [1.807, 2.05) is 48.4 Å². The molecule has 178 valence electrons. The number of aryl methyl sites for hydroxylation is 2. The number of hydrogen-bond acceptors (Lipinski definition) is 7. The van der Waals surface area contributed by atoms with Crippen LogP contribution in [0, 0.1) is 13.8 Å². The van der Waals surface area contributed by atoms with Gasteiger partial charge >= 0.3 is 0 Å². The third kappa shape index (κ3) is 6.42. The van der Waals surface area contributed by atoms with E-state index in [-0.39, 0.29) is 17.7 Å². The number of hydrogen-bond donors (Lipinski definition) is 1. The van der Waals surface area contributed by atoms with Crippen LogP contribution in [-0.4, -0.2) is 57.1 Å². The summed E-state index contributed by atoms with van der Waals surface area (Å²) in [6.45, 7) is 5.78. The maximum absolute atomic E-state index is 12.9. The summed E-state index contributed by atoms with van der Waals surface area (Å²) in [6.07, 6.45) is 4.13. The monoisotopic (exact) mass is 495 g/mol. The summed E-state index contributed by atoms with van der Waals surface area (Å²) >= 11 is 3.07. The Morgan fingerprint density at radius 2 is 1.91 bits per heavy atom. The number of thioether (sulfide) groups is 1. The van der Waals surface area contributed by atoms with Gasteiger partial charge in [0.2, 0.25) is 5.91 Å². The molecule has 1 saturated heterocycles. The predicted molar refractivity (Wildman–Crippen MR) is 135 cm³/mol. The fourth-order valence-electron chi connectivity index (χ4n) is 4.04. The molecule has 0 aromatic carbocycles. The lowest BCUT2D eigenvalue weighted by Crippen LogP contribution is -2.39. The van der Waals surface area contributed by atoms with Crippen molar-refractivity contribution in [3.8, 4) is 0 Å². The zero-order valence-corrected chi connectivity index (χ0v) is 21.1. The van der Waals surface area contributed by atoms with Gasteiger partial charge in [0.15, 0.2) is 5.16 Å². The maximum atomic E-state index is 12.9. The van der Waals surface area contributed by atoms with Gasteiger partial charge in [-0.15, -0.1) is 11.3 Å². The number of aromatic nitrogens is 3. The highest BCUT2D eigenvalue weighted by molar-refractivity contribution is 7.99. The first-order valence-corrected chi connectivity index (χ1v) is 13.3. The van der Waals surface area contributed by atoms with Crippen molar-refractivity contribution in [1.82, 2.24) is 25.2 Å². The third-order valence-corrected chi connectivity index (χ3v) is 7.66. The van der Waals surface area contributed by atoms with Crippen molar-refractivity contribution in [3.63, 3.8) is 0 Å². The van der Waals surface area contributed by atoms with Gasteiger partial charge in [0.25, 0.3) is 5.91 Å². The quantitative estimate of drug-likeness (QED) is 0.375. The van der Waals surface area contributed by atoms with Gasteiger partial charge in [-0.3, -0.25) is 14.6 Å². The Balaban J connectivity index is 1.32. The van der Waals surface area contributed by atoms with E-state index in [2.05, 4.69) is 21.4 Å². The molecule has 0 radical (unpaired) electrons. The molecule has 0 saturated carbocycles. The van der Waals surface area contributed by atoms with Crippen molar-refractivity contribution < 1.29 is 9.59 Å². The van der Waals surface area contributed by atoms with Gasteiger partial charge in [-0.05, 0) is 62.8 Å². The number of thiophene rings is 1. The van der Waals surface area contributed by atoms with Gasteiger partial charge in [-0.25, -0.2) is 9.97 Å². The van der Waals surface area contributed by atoms with Crippen LogP contribution in [0.5, 0.6) is 0 Å². The van der Waals surface area contributed by atoms with Gasteiger partial charge < -0.3 is 10.2 Å². The maximum Gasteiger partial charge on any atom is 0.253 e. The zero-order chi connectivity index (χ0) is 23.9. The van der Waals surface area contributed by atoms with E-state index in [0.29, 0.717) is 36.1 Å². The summed E-state index contributed by atoms with van der Waals surface area (Å²) in [5.74, 6) is 0.508. The molecule has 0 unspecified atom stereocenters. The Bertz CT molecular complexity index is 1130. The molecule has 1 aliphatic heterocycles. The summed E-state index contributed by atoms with van der Waals surface area (Å²) in [4.78, 5) is 42.1. The van der Waals surface area contributed by atoms with E-state index in [1.165, 1.54) is 16.6 Å². The number of pyridine rings is 1. The topological polar surface area (TPSA) is 88.1 Å². The van der Waals surface area contributed by atoms with Crippen LogP contribution in [0.4, 0.5) is 0 Å². The van der Waals surface area contributed by atoms with Gasteiger partial charge in [0, 0.05) is 48.0 Å². The molecule has 4 rings (SSSR count). The van der Waals surface area contributed by atoms with Gasteiger partial charge in [-0.2, -0.15) is 0 Å². The van der Waals surface area contributed by atoms with Crippen molar-refractivity contribution in [2.75, 3.05) is 25.4 Å². The summed E-state index contributed by atoms with van der Waals surface area (Å²) < 4.78 is 0. The van der Waals surface area contributed by atoms with Crippen molar-refractivity contribution in [2.24, 2.45) is 0 Å². The van der Waals surface area contributed by atoms with Crippen LogP contribution in [0.25, 0.3) is 0 Å². The van der Waals surface area contributed by atoms with Gasteiger partial charge in [0.05, 0.1) is 17.0 Å². The largest absolute Gasteiger partial charge is 0.352 e. The number of carbonyl (C=O) groups is 2. The van der Waals surface area contributed by atoms with Gasteiger partial charge in [-0.1, -0.05) is 17.8 Å². The molecule has 2 amide bonds. The minimum Gasteiger partial charge on any atom is -0.352 e. The number of piperidine rings is 1. The molecule has 34 heavy (non-hydrogen) atoms.